The van der Waals surface area contributed by atoms with Crippen LogP contribution in [-0.2, 0) is 6.54 Å². The second-order valence-corrected chi connectivity index (χ2v) is 5.00. The number of nitrogens with zero attached hydrogens (tertiary/aromatic N) is 2. The van der Waals surface area contributed by atoms with E-state index in [-0.39, 0.29) is 5.56 Å². The molecule has 0 saturated carbocycles. The highest BCUT2D eigenvalue weighted by molar-refractivity contribution is 5.71. The van der Waals surface area contributed by atoms with Gasteiger partial charge in [0.05, 0.1) is 0 Å². The van der Waals surface area contributed by atoms with Crippen molar-refractivity contribution in [2.24, 2.45) is 0 Å². The lowest BCUT2D eigenvalue weighted by atomic mass is 10.0. The number of anilines is 1. The van der Waals surface area contributed by atoms with Gasteiger partial charge in [0, 0.05) is 18.0 Å². The lowest BCUT2D eigenvalue weighted by Crippen LogP contribution is -2.15. The molecule has 0 saturated heterocycles. The first-order valence-corrected chi connectivity index (χ1v) is 6.40. The number of nitrogen functional groups attached to an aromatic ring is 1. The number of nitrogens with two attached hydrogens (primary N) is 1. The van der Waals surface area contributed by atoms with Crippen molar-refractivity contribution in [3.05, 3.63) is 35.7 Å². The quantitative estimate of drug-likeness (QED) is 0.857. The van der Waals surface area contributed by atoms with Crippen LogP contribution in [0, 0.1) is 11.6 Å². The third-order valence-corrected chi connectivity index (χ3v) is 3.70. The number of hydrogen-bond acceptors (Lipinski definition) is 2. The highest BCUT2D eigenvalue weighted by Gasteiger charge is 2.25. The summed E-state index contributed by atoms with van der Waals surface area (Å²) in [5.74, 6) is -0.192. The summed E-state index contributed by atoms with van der Waals surface area (Å²) in [4.78, 5) is 4.43. The Morgan fingerprint density at radius 3 is 2.89 bits per heavy atom. The van der Waals surface area contributed by atoms with Crippen molar-refractivity contribution in [2.45, 2.75) is 32.2 Å². The molecule has 0 bridgehead atoms. The van der Waals surface area contributed by atoms with Crippen molar-refractivity contribution < 1.29 is 8.78 Å². The first-order chi connectivity index (χ1) is 9.09. The van der Waals surface area contributed by atoms with E-state index in [2.05, 4.69) is 11.9 Å². The van der Waals surface area contributed by atoms with Crippen molar-refractivity contribution in [1.29, 1.82) is 0 Å². The zero-order valence-corrected chi connectivity index (χ0v) is 10.7. The Bertz CT molecular complexity index is 634. The van der Waals surface area contributed by atoms with Crippen LogP contribution in [0.3, 0.4) is 0 Å². The number of imidazole rings is 1. The third-order valence-electron chi connectivity index (χ3n) is 3.70. The molecule has 2 heterocycles. The Morgan fingerprint density at radius 1 is 1.37 bits per heavy atom. The first kappa shape index (κ1) is 12.1. The van der Waals surface area contributed by atoms with Crippen molar-refractivity contribution in [1.82, 2.24) is 9.55 Å². The van der Waals surface area contributed by atoms with E-state index >= 15 is 0 Å². The Balaban J connectivity index is 2.19. The number of rotatable bonds is 1. The van der Waals surface area contributed by atoms with Crippen LogP contribution in [0.5, 0.6) is 0 Å². The van der Waals surface area contributed by atoms with Gasteiger partial charge in [-0.25, -0.2) is 13.8 Å². The molecule has 0 fully saturated rings. The fraction of sp³-hybridized carbons (Fsp3) is 0.357. The number of aromatic nitrogens is 2. The molecule has 2 N–H and O–H groups in total. The van der Waals surface area contributed by atoms with Crippen molar-refractivity contribution in [3.8, 4) is 11.3 Å². The van der Waals surface area contributed by atoms with Crippen molar-refractivity contribution in [2.75, 3.05) is 5.73 Å². The molecule has 0 amide bonds. The fourth-order valence-corrected chi connectivity index (χ4v) is 2.66. The minimum Gasteiger partial charge on any atom is -0.383 e. The summed E-state index contributed by atoms with van der Waals surface area (Å²) in [7, 11) is 0. The molecular weight excluding hydrogens is 248 g/mol. The maximum absolute atomic E-state index is 13.8. The van der Waals surface area contributed by atoms with Gasteiger partial charge in [-0.15, -0.1) is 0 Å². The average Bonchev–Trinajstić information content (AvgIpc) is 2.72. The van der Waals surface area contributed by atoms with Crippen LogP contribution in [0.4, 0.5) is 14.6 Å². The summed E-state index contributed by atoms with van der Waals surface area (Å²) >= 11 is 0. The second kappa shape index (κ2) is 4.33. The van der Waals surface area contributed by atoms with Gasteiger partial charge in [-0.3, -0.25) is 0 Å². The molecular formula is C14H15F2N3. The maximum Gasteiger partial charge on any atom is 0.168 e. The number of benzene rings is 1. The Labute approximate surface area is 110 Å². The zero-order chi connectivity index (χ0) is 13.6. The number of hydrogen-bond donors (Lipinski definition) is 1. The van der Waals surface area contributed by atoms with Gasteiger partial charge < -0.3 is 10.3 Å². The predicted molar refractivity (Wildman–Crippen MR) is 69.6 cm³/mol. The molecule has 0 aliphatic carbocycles. The number of halogens is 2. The molecule has 1 aliphatic rings. The lowest BCUT2D eigenvalue weighted by molar-refractivity contribution is 0.467. The summed E-state index contributed by atoms with van der Waals surface area (Å²) < 4.78 is 29.1. The fourth-order valence-electron chi connectivity index (χ4n) is 2.66. The summed E-state index contributed by atoms with van der Waals surface area (Å²) in [6.07, 6.45) is 2.07. The van der Waals surface area contributed by atoms with E-state index in [1.165, 1.54) is 12.1 Å². The van der Waals surface area contributed by atoms with E-state index in [9.17, 15) is 8.78 Å². The van der Waals surface area contributed by atoms with Gasteiger partial charge in [0.1, 0.15) is 17.3 Å². The Morgan fingerprint density at radius 2 is 2.16 bits per heavy atom. The van der Waals surface area contributed by atoms with Gasteiger partial charge >= 0.3 is 0 Å². The maximum atomic E-state index is 13.8. The van der Waals surface area contributed by atoms with Crippen LogP contribution in [0.2, 0.25) is 0 Å². The molecule has 3 rings (SSSR count). The lowest BCUT2D eigenvalue weighted by Gasteiger charge is -2.20. The van der Waals surface area contributed by atoms with Crippen molar-refractivity contribution in [3.63, 3.8) is 0 Å². The second-order valence-electron chi connectivity index (χ2n) is 5.00. The van der Waals surface area contributed by atoms with Crippen LogP contribution < -0.4 is 5.73 Å². The van der Waals surface area contributed by atoms with Crippen LogP contribution in [-0.4, -0.2) is 9.55 Å². The molecule has 3 nitrogen and oxygen atoms in total. The molecule has 1 aliphatic heterocycles. The summed E-state index contributed by atoms with van der Waals surface area (Å²) in [6.45, 7) is 2.86. The highest BCUT2D eigenvalue weighted by Crippen LogP contribution is 2.35. The molecule has 1 unspecified atom stereocenters. The van der Waals surface area contributed by atoms with E-state index in [0.29, 0.717) is 17.4 Å². The minimum atomic E-state index is -0.891. The molecule has 1 aromatic carbocycles. The smallest absolute Gasteiger partial charge is 0.168 e. The molecule has 5 heteroatoms. The summed E-state index contributed by atoms with van der Waals surface area (Å²) in [5, 5.41) is 0. The minimum absolute atomic E-state index is 0.131. The van der Waals surface area contributed by atoms with E-state index < -0.39 is 11.6 Å². The van der Waals surface area contributed by atoms with Gasteiger partial charge in [-0.2, -0.15) is 0 Å². The molecule has 2 aromatic rings. The summed E-state index contributed by atoms with van der Waals surface area (Å²) in [5.41, 5.74) is 6.53. The zero-order valence-electron chi connectivity index (χ0n) is 10.7. The topological polar surface area (TPSA) is 43.8 Å². The van der Waals surface area contributed by atoms with E-state index in [4.69, 9.17) is 5.73 Å². The Hall–Kier alpha value is -1.91. The molecule has 1 atom stereocenters. The monoisotopic (exact) mass is 263 g/mol. The summed E-state index contributed by atoms with van der Waals surface area (Å²) in [6, 6.07) is 4.07. The van der Waals surface area contributed by atoms with Crippen LogP contribution in [0.15, 0.2) is 18.2 Å². The normalized spacial score (nSPS) is 18.4. The van der Waals surface area contributed by atoms with Crippen molar-refractivity contribution >= 4 is 5.82 Å². The van der Waals surface area contributed by atoms with Gasteiger partial charge in [-0.1, -0.05) is 13.0 Å². The van der Waals surface area contributed by atoms with E-state index in [1.54, 1.807) is 0 Å². The molecule has 1 aromatic heterocycles. The molecule has 100 valence electrons. The predicted octanol–water partition coefficient (Wildman–Crippen LogP) is 3.31. The van der Waals surface area contributed by atoms with Gasteiger partial charge in [0.15, 0.2) is 11.6 Å². The Kier molecular flexibility index (Phi) is 2.77. The van der Waals surface area contributed by atoms with Crippen LogP contribution in [0.1, 0.15) is 31.5 Å². The SMILES string of the molecule is CC1CCCn2c1nc(-c1cccc(F)c1F)c2N. The highest BCUT2D eigenvalue weighted by atomic mass is 19.2. The third kappa shape index (κ3) is 1.80. The van der Waals surface area contributed by atoms with Gasteiger partial charge in [0.25, 0.3) is 0 Å². The van der Waals surface area contributed by atoms with E-state index in [1.807, 2.05) is 4.57 Å². The number of fused-ring (bicyclic) bond motifs is 1. The first-order valence-electron chi connectivity index (χ1n) is 6.40. The average molecular weight is 263 g/mol. The molecule has 19 heavy (non-hydrogen) atoms. The molecule has 0 spiro atoms. The van der Waals surface area contributed by atoms with Gasteiger partial charge in [-0.05, 0) is 25.0 Å². The van der Waals surface area contributed by atoms with Crippen LogP contribution >= 0.6 is 0 Å². The van der Waals surface area contributed by atoms with Crippen LogP contribution in [0.25, 0.3) is 11.3 Å². The molecule has 0 radical (unpaired) electrons. The van der Waals surface area contributed by atoms with E-state index in [0.717, 1.165) is 31.3 Å². The van der Waals surface area contributed by atoms with Gasteiger partial charge in [0.2, 0.25) is 0 Å². The standard InChI is InChI=1S/C14H15F2N3/c1-8-4-3-7-19-13(17)12(18-14(8)19)9-5-2-6-10(15)11(9)16/h2,5-6,8H,3-4,7,17H2,1H3. The largest absolute Gasteiger partial charge is 0.383 e.